The summed E-state index contributed by atoms with van der Waals surface area (Å²) in [7, 11) is 2.16. The molecule has 0 unspecified atom stereocenters. The number of para-hydroxylation sites is 8. The van der Waals surface area contributed by atoms with Crippen LogP contribution in [0.25, 0.3) is 44.1 Å². The average molecular weight is 696 g/mol. The van der Waals surface area contributed by atoms with Crippen molar-refractivity contribution < 1.29 is 9.47 Å². The molecule has 9 aromatic rings. The monoisotopic (exact) mass is 695 g/mol. The molecule has 5 nitrogen and oxygen atoms in total. The van der Waals surface area contributed by atoms with E-state index in [0.29, 0.717) is 0 Å². The van der Waals surface area contributed by atoms with Gasteiger partial charge in [-0.3, -0.25) is 0 Å². The first kappa shape index (κ1) is 30.4. The highest BCUT2D eigenvalue weighted by molar-refractivity contribution is 6.10. The van der Waals surface area contributed by atoms with Crippen molar-refractivity contribution in [2.45, 2.75) is 0 Å². The van der Waals surface area contributed by atoms with Gasteiger partial charge in [0.25, 0.3) is 0 Å². The van der Waals surface area contributed by atoms with E-state index in [2.05, 4.69) is 155 Å². The molecule has 5 heteroatoms. The Bertz CT molecular complexity index is 2620. The lowest BCUT2D eigenvalue weighted by molar-refractivity contribution is 0.477. The van der Waals surface area contributed by atoms with Gasteiger partial charge in [-0.05, 0) is 119 Å². The van der Waals surface area contributed by atoms with Gasteiger partial charge in [-0.25, -0.2) is 0 Å². The molecule has 54 heavy (non-hydrogen) atoms. The molecule has 0 saturated carbocycles. The number of aryl methyl sites for hydroxylation is 1. The Hall–Kier alpha value is -7.24. The molecule has 0 aliphatic carbocycles. The molecule has 2 aliphatic heterocycles. The predicted octanol–water partition coefficient (Wildman–Crippen LogP) is 13.8. The third-order valence-corrected chi connectivity index (χ3v) is 10.8. The molecule has 0 saturated heterocycles. The van der Waals surface area contributed by atoms with Gasteiger partial charge < -0.3 is 23.8 Å². The van der Waals surface area contributed by atoms with E-state index in [-0.39, 0.29) is 0 Å². The molecule has 0 N–H and O–H groups in total. The summed E-state index contributed by atoms with van der Waals surface area (Å²) >= 11 is 0. The summed E-state index contributed by atoms with van der Waals surface area (Å²) in [6.45, 7) is 0. The van der Waals surface area contributed by atoms with Gasteiger partial charge in [0, 0.05) is 40.2 Å². The molecular formula is C49H33N3O2. The minimum atomic E-state index is 0.852. The fraction of sp³-hybridized carbons (Fsp3) is 0.0204. The van der Waals surface area contributed by atoms with Crippen molar-refractivity contribution >= 4 is 55.9 Å². The molecule has 0 radical (unpaired) electrons. The Labute approximate surface area is 313 Å². The summed E-state index contributed by atoms with van der Waals surface area (Å²) in [5.41, 5.74) is 13.4. The number of anilines is 6. The van der Waals surface area contributed by atoms with Crippen molar-refractivity contribution in [3.8, 4) is 45.3 Å². The largest absolute Gasteiger partial charge is 0.453 e. The highest BCUT2D eigenvalue weighted by Crippen LogP contribution is 2.51. The molecule has 3 heterocycles. The van der Waals surface area contributed by atoms with Crippen LogP contribution < -0.4 is 19.3 Å². The molecule has 0 amide bonds. The number of aromatic nitrogens is 1. The van der Waals surface area contributed by atoms with E-state index in [1.807, 2.05) is 48.5 Å². The van der Waals surface area contributed by atoms with Gasteiger partial charge in [0.05, 0.1) is 22.7 Å². The van der Waals surface area contributed by atoms with Crippen LogP contribution in [0.1, 0.15) is 0 Å². The third-order valence-electron chi connectivity index (χ3n) is 10.8. The van der Waals surface area contributed by atoms with Gasteiger partial charge in [-0.1, -0.05) is 84.9 Å². The quantitative estimate of drug-likeness (QED) is 0.183. The lowest BCUT2D eigenvalue weighted by Crippen LogP contribution is -2.15. The molecular weight excluding hydrogens is 663 g/mol. The molecule has 8 aromatic carbocycles. The van der Waals surface area contributed by atoms with Gasteiger partial charge in [-0.15, -0.1) is 0 Å². The second-order valence-corrected chi connectivity index (χ2v) is 13.9. The maximum atomic E-state index is 6.24. The van der Waals surface area contributed by atoms with E-state index in [0.717, 1.165) is 57.1 Å². The Balaban J connectivity index is 0.941. The maximum Gasteiger partial charge on any atom is 0.151 e. The summed E-state index contributed by atoms with van der Waals surface area (Å²) in [6.07, 6.45) is 0. The maximum absolute atomic E-state index is 6.24. The number of fused-ring (bicyclic) bond motifs is 7. The van der Waals surface area contributed by atoms with Crippen LogP contribution in [0.4, 0.5) is 34.1 Å². The van der Waals surface area contributed by atoms with Crippen molar-refractivity contribution in [1.82, 2.24) is 4.57 Å². The van der Waals surface area contributed by atoms with Crippen LogP contribution in [0.3, 0.4) is 0 Å². The number of nitrogens with zero attached hydrogens (tertiary/aromatic N) is 3. The third kappa shape index (κ3) is 4.72. The number of hydrogen-bond acceptors (Lipinski definition) is 4. The summed E-state index contributed by atoms with van der Waals surface area (Å²) in [4.78, 5) is 4.55. The van der Waals surface area contributed by atoms with Crippen LogP contribution >= 0.6 is 0 Å². The normalized spacial score (nSPS) is 12.8. The van der Waals surface area contributed by atoms with Gasteiger partial charge in [0.1, 0.15) is 0 Å². The fourth-order valence-electron chi connectivity index (χ4n) is 8.15. The lowest BCUT2D eigenvalue weighted by atomic mass is 9.99. The first-order valence-corrected chi connectivity index (χ1v) is 18.2. The highest BCUT2D eigenvalue weighted by atomic mass is 16.5. The Morgan fingerprint density at radius 3 is 1.00 bits per heavy atom. The van der Waals surface area contributed by atoms with Gasteiger partial charge >= 0.3 is 0 Å². The first-order chi connectivity index (χ1) is 26.7. The summed E-state index contributed by atoms with van der Waals surface area (Å²) in [5, 5.41) is 2.48. The molecule has 0 spiro atoms. The topological polar surface area (TPSA) is 29.9 Å². The summed E-state index contributed by atoms with van der Waals surface area (Å²) in [6, 6.07) is 64.2. The van der Waals surface area contributed by atoms with E-state index >= 15 is 0 Å². The minimum Gasteiger partial charge on any atom is -0.453 e. The Morgan fingerprint density at radius 2 is 0.648 bits per heavy atom. The summed E-state index contributed by atoms with van der Waals surface area (Å²) < 4.78 is 14.8. The van der Waals surface area contributed by atoms with E-state index in [1.54, 1.807) is 0 Å². The second kappa shape index (κ2) is 11.9. The minimum absolute atomic E-state index is 0.852. The zero-order chi connectivity index (χ0) is 35.8. The predicted molar refractivity (Wildman–Crippen MR) is 221 cm³/mol. The van der Waals surface area contributed by atoms with Gasteiger partial charge in [-0.2, -0.15) is 0 Å². The van der Waals surface area contributed by atoms with E-state index in [9.17, 15) is 0 Å². The van der Waals surface area contributed by atoms with Crippen LogP contribution in [0.2, 0.25) is 0 Å². The number of rotatable bonds is 4. The molecule has 0 atom stereocenters. The second-order valence-electron chi connectivity index (χ2n) is 13.9. The van der Waals surface area contributed by atoms with Crippen LogP contribution in [-0.2, 0) is 7.05 Å². The Morgan fingerprint density at radius 1 is 0.333 bits per heavy atom. The number of benzene rings is 8. The highest BCUT2D eigenvalue weighted by Gasteiger charge is 2.26. The van der Waals surface area contributed by atoms with Crippen molar-refractivity contribution in [2.24, 2.45) is 7.05 Å². The average Bonchev–Trinajstić information content (AvgIpc) is 3.52. The van der Waals surface area contributed by atoms with Crippen LogP contribution in [0.5, 0.6) is 23.0 Å². The van der Waals surface area contributed by atoms with Crippen molar-refractivity contribution in [3.05, 3.63) is 182 Å². The van der Waals surface area contributed by atoms with Crippen molar-refractivity contribution in [2.75, 3.05) is 9.80 Å². The van der Waals surface area contributed by atoms with Crippen molar-refractivity contribution in [3.63, 3.8) is 0 Å². The standard InChI is InChI=1S/C49H33N3O2/c1-50-40-28-22-34(32-18-24-36(25-19-32)51-42-10-2-6-14-46(42)53-47-15-7-3-11-43(47)51)30-38(40)39-31-35(23-29-41(39)50)33-20-26-37(27-21-33)52-44-12-4-8-16-48(44)54-49-17-9-5-13-45(49)52/h2-31H,1H3. The van der Waals surface area contributed by atoms with Crippen molar-refractivity contribution in [1.29, 1.82) is 0 Å². The summed E-state index contributed by atoms with van der Waals surface area (Å²) in [5.74, 6) is 3.41. The van der Waals surface area contributed by atoms with Crippen LogP contribution in [0, 0.1) is 0 Å². The molecule has 2 aliphatic rings. The number of hydrogen-bond donors (Lipinski definition) is 0. The number of ether oxygens (including phenoxy) is 2. The zero-order valence-electron chi connectivity index (χ0n) is 29.5. The Kier molecular flexibility index (Phi) is 6.70. The fourth-order valence-corrected chi connectivity index (χ4v) is 8.15. The molecule has 0 fully saturated rings. The lowest BCUT2D eigenvalue weighted by Gasteiger charge is -2.32. The van der Waals surface area contributed by atoms with Gasteiger partial charge in [0.15, 0.2) is 23.0 Å². The van der Waals surface area contributed by atoms with Crippen LogP contribution in [-0.4, -0.2) is 4.57 Å². The van der Waals surface area contributed by atoms with Crippen LogP contribution in [0.15, 0.2) is 182 Å². The SMILES string of the molecule is Cn1c2ccc(-c3ccc(N4c5ccccc5Oc5ccccc54)cc3)cc2c2cc(-c3ccc(N4c5ccccc5Oc5ccccc54)cc3)ccc21. The molecule has 1 aromatic heterocycles. The molecule has 11 rings (SSSR count). The van der Waals surface area contributed by atoms with Gasteiger partial charge in [0.2, 0.25) is 0 Å². The van der Waals surface area contributed by atoms with E-state index in [4.69, 9.17) is 9.47 Å². The van der Waals surface area contributed by atoms with E-state index in [1.165, 1.54) is 44.1 Å². The molecule has 0 bridgehead atoms. The zero-order valence-corrected chi connectivity index (χ0v) is 29.5. The first-order valence-electron chi connectivity index (χ1n) is 18.2. The smallest absolute Gasteiger partial charge is 0.151 e. The van der Waals surface area contributed by atoms with E-state index < -0.39 is 0 Å². The molecule has 256 valence electrons.